The van der Waals surface area contributed by atoms with E-state index in [1.54, 1.807) is 12.1 Å². The van der Waals surface area contributed by atoms with Crippen LogP contribution in [0, 0.1) is 0 Å². The highest BCUT2D eigenvalue weighted by atomic mass is 16.4. The van der Waals surface area contributed by atoms with Crippen LogP contribution >= 0.6 is 0 Å². The predicted octanol–water partition coefficient (Wildman–Crippen LogP) is -3.46. The van der Waals surface area contributed by atoms with E-state index in [0.717, 1.165) is 0 Å². The Hall–Kier alpha value is -4.60. The molecule has 3 atom stereocenters. The third kappa shape index (κ3) is 14.1. The Morgan fingerprint density at radius 2 is 1.28 bits per heavy atom. The fourth-order valence-electron chi connectivity index (χ4n) is 3.36. The Labute approximate surface area is 225 Å². The molecule has 0 bridgehead atoms. The van der Waals surface area contributed by atoms with Crippen molar-refractivity contribution < 1.29 is 29.4 Å². The van der Waals surface area contributed by atoms with Gasteiger partial charge in [-0.2, -0.15) is 0 Å². The second kappa shape index (κ2) is 17.0. The van der Waals surface area contributed by atoms with Crippen molar-refractivity contribution in [3.8, 4) is 5.75 Å². The molecule has 1 aromatic carbocycles. The van der Waals surface area contributed by atoms with Gasteiger partial charge in [0, 0.05) is 13.1 Å². The summed E-state index contributed by atoms with van der Waals surface area (Å²) >= 11 is 0. The Balaban J connectivity index is 2.97. The second-order valence-corrected chi connectivity index (χ2v) is 8.61. The minimum Gasteiger partial charge on any atom is -0.508 e. The zero-order valence-corrected chi connectivity index (χ0v) is 21.5. The molecular weight excluding hydrogens is 512 g/mol. The number of aromatic hydroxyl groups is 1. The van der Waals surface area contributed by atoms with Gasteiger partial charge in [-0.3, -0.25) is 29.2 Å². The van der Waals surface area contributed by atoms with Gasteiger partial charge in [0.05, 0.1) is 6.04 Å². The Morgan fingerprint density at radius 3 is 1.77 bits per heavy atom. The van der Waals surface area contributed by atoms with E-state index in [1.807, 2.05) is 0 Å². The van der Waals surface area contributed by atoms with Crippen LogP contribution < -0.4 is 44.6 Å². The average Bonchev–Trinajstić information content (AvgIpc) is 2.86. The lowest BCUT2D eigenvalue weighted by molar-refractivity contribution is -0.138. The Morgan fingerprint density at radius 1 is 0.795 bits per heavy atom. The SMILES string of the molecule is NC(N)=NCCCC(NC(=O)C(N)Cc1ccc(O)cc1)C(=O)NC(CCCN=C(N)N)C(=O)NCC(=O)O. The molecule has 16 nitrogen and oxygen atoms in total. The van der Waals surface area contributed by atoms with E-state index >= 15 is 0 Å². The smallest absolute Gasteiger partial charge is 0.322 e. The molecule has 216 valence electrons. The van der Waals surface area contributed by atoms with Gasteiger partial charge in [0.2, 0.25) is 17.7 Å². The number of carboxylic acids is 1. The summed E-state index contributed by atoms with van der Waals surface area (Å²) in [5, 5.41) is 25.7. The number of phenols is 1. The van der Waals surface area contributed by atoms with Crippen molar-refractivity contribution in [3.05, 3.63) is 29.8 Å². The van der Waals surface area contributed by atoms with Gasteiger partial charge in [-0.15, -0.1) is 0 Å². The number of nitrogens with two attached hydrogens (primary N) is 5. The molecule has 0 radical (unpaired) electrons. The van der Waals surface area contributed by atoms with Crippen molar-refractivity contribution in [2.45, 2.75) is 50.2 Å². The molecule has 16 heteroatoms. The number of hydrogen-bond acceptors (Lipinski definition) is 8. The fraction of sp³-hybridized carbons (Fsp3) is 0.478. The first-order chi connectivity index (χ1) is 18.4. The first-order valence-corrected chi connectivity index (χ1v) is 12.1. The molecule has 1 aromatic rings. The van der Waals surface area contributed by atoms with Gasteiger partial charge in [-0.05, 0) is 49.8 Å². The molecule has 0 aliphatic heterocycles. The van der Waals surface area contributed by atoms with Crippen LogP contribution in [0.4, 0.5) is 0 Å². The summed E-state index contributed by atoms with van der Waals surface area (Å²) in [7, 11) is 0. The topological polar surface area (TPSA) is 300 Å². The molecule has 0 saturated carbocycles. The molecule has 0 fully saturated rings. The second-order valence-electron chi connectivity index (χ2n) is 8.61. The third-order valence-electron chi connectivity index (χ3n) is 5.30. The highest BCUT2D eigenvalue weighted by Crippen LogP contribution is 2.11. The zero-order valence-electron chi connectivity index (χ0n) is 21.5. The van der Waals surface area contributed by atoms with Crippen LogP contribution in [-0.4, -0.2) is 83.6 Å². The number of carbonyl (C=O) groups is 4. The highest BCUT2D eigenvalue weighted by molar-refractivity contribution is 5.93. The molecule has 15 N–H and O–H groups in total. The maximum atomic E-state index is 13.2. The standard InChI is InChI=1S/C23H38N10O6/c24-15(11-13-5-7-14(34)8-6-13)19(37)32-17(4-2-10-30-23(27)28)21(39)33-16(3-1-9-29-22(25)26)20(38)31-12-18(35)36/h5-8,15-17,34H,1-4,9-12,24H2,(H,31,38)(H,32,37)(H,33,39)(H,35,36)(H4,25,26,29)(H4,27,28,30). The maximum absolute atomic E-state index is 13.2. The summed E-state index contributed by atoms with van der Waals surface area (Å²) in [4.78, 5) is 57.1. The average molecular weight is 551 g/mol. The van der Waals surface area contributed by atoms with E-state index in [9.17, 15) is 24.3 Å². The lowest BCUT2D eigenvalue weighted by Gasteiger charge is -2.24. The predicted molar refractivity (Wildman–Crippen MR) is 144 cm³/mol. The van der Waals surface area contributed by atoms with Gasteiger partial charge < -0.3 is 54.8 Å². The minimum absolute atomic E-state index is 0.0644. The van der Waals surface area contributed by atoms with Crippen LogP contribution in [0.25, 0.3) is 0 Å². The van der Waals surface area contributed by atoms with Crippen molar-refractivity contribution >= 4 is 35.6 Å². The van der Waals surface area contributed by atoms with Crippen LogP contribution in [0.1, 0.15) is 31.2 Å². The van der Waals surface area contributed by atoms with Gasteiger partial charge in [0.15, 0.2) is 11.9 Å². The lowest BCUT2D eigenvalue weighted by Crippen LogP contribution is -2.56. The molecule has 0 spiro atoms. The number of carbonyl (C=O) groups excluding carboxylic acids is 3. The summed E-state index contributed by atoms with van der Waals surface area (Å²) in [5.41, 5.74) is 28.0. The molecule has 3 unspecified atom stereocenters. The molecule has 1 rings (SSSR count). The normalized spacial score (nSPS) is 12.7. The van der Waals surface area contributed by atoms with E-state index < -0.39 is 48.4 Å². The van der Waals surface area contributed by atoms with Crippen molar-refractivity contribution in [3.63, 3.8) is 0 Å². The van der Waals surface area contributed by atoms with E-state index in [4.69, 9.17) is 33.8 Å². The van der Waals surface area contributed by atoms with Crippen LogP contribution in [0.5, 0.6) is 5.75 Å². The lowest BCUT2D eigenvalue weighted by atomic mass is 10.0. The monoisotopic (exact) mass is 550 g/mol. The molecular formula is C23H38N10O6. The van der Waals surface area contributed by atoms with Crippen molar-refractivity contribution in [1.29, 1.82) is 0 Å². The number of rotatable bonds is 17. The number of benzene rings is 1. The van der Waals surface area contributed by atoms with E-state index in [2.05, 4.69) is 25.9 Å². The molecule has 0 aliphatic rings. The number of aliphatic carboxylic acids is 1. The first-order valence-electron chi connectivity index (χ1n) is 12.1. The summed E-state index contributed by atoms with van der Waals surface area (Å²) < 4.78 is 0. The molecule has 0 aromatic heterocycles. The van der Waals surface area contributed by atoms with Crippen molar-refractivity contribution in [1.82, 2.24) is 16.0 Å². The Bertz CT molecular complexity index is 1020. The van der Waals surface area contributed by atoms with Crippen LogP contribution in [0.3, 0.4) is 0 Å². The quantitative estimate of drug-likeness (QED) is 0.0516. The minimum atomic E-state index is -1.26. The number of carboxylic acid groups (broad SMARTS) is 1. The highest BCUT2D eigenvalue weighted by Gasteiger charge is 2.28. The molecule has 0 aliphatic carbocycles. The summed E-state index contributed by atoms with van der Waals surface area (Å²) in [6, 6.07) is 2.90. The third-order valence-corrected chi connectivity index (χ3v) is 5.30. The number of phenolic OH excluding ortho intramolecular Hbond substituents is 1. The van der Waals surface area contributed by atoms with Gasteiger partial charge in [-0.1, -0.05) is 12.1 Å². The van der Waals surface area contributed by atoms with Gasteiger partial charge in [0.1, 0.15) is 24.4 Å². The van der Waals surface area contributed by atoms with E-state index in [1.165, 1.54) is 12.1 Å². The molecule has 0 heterocycles. The molecule has 0 saturated heterocycles. The van der Waals surface area contributed by atoms with Gasteiger partial charge >= 0.3 is 5.97 Å². The summed E-state index contributed by atoms with van der Waals surface area (Å²) in [6.45, 7) is -0.293. The largest absolute Gasteiger partial charge is 0.508 e. The van der Waals surface area contributed by atoms with Crippen molar-refractivity contribution in [2.24, 2.45) is 38.7 Å². The van der Waals surface area contributed by atoms with Crippen LogP contribution in [-0.2, 0) is 25.6 Å². The fourth-order valence-corrected chi connectivity index (χ4v) is 3.36. The number of nitrogens with one attached hydrogen (secondary N) is 3. The van der Waals surface area contributed by atoms with Gasteiger partial charge in [0.25, 0.3) is 0 Å². The number of hydrogen-bond donors (Lipinski definition) is 10. The first kappa shape index (κ1) is 32.4. The molecule has 39 heavy (non-hydrogen) atoms. The number of guanidine groups is 2. The van der Waals surface area contributed by atoms with Gasteiger partial charge in [-0.25, -0.2) is 0 Å². The van der Waals surface area contributed by atoms with E-state index in [0.29, 0.717) is 18.4 Å². The summed E-state index contributed by atoms with van der Waals surface area (Å²) in [5.74, 6) is -3.52. The van der Waals surface area contributed by atoms with E-state index in [-0.39, 0.29) is 50.0 Å². The zero-order chi connectivity index (χ0) is 29.4. The molecule has 3 amide bonds. The number of nitrogens with zero attached hydrogens (tertiary/aromatic N) is 2. The Kier molecular flexibility index (Phi) is 14.1. The summed E-state index contributed by atoms with van der Waals surface area (Å²) in [6.07, 6.45) is 0.937. The maximum Gasteiger partial charge on any atom is 0.322 e. The number of aliphatic imine (C=N–C) groups is 2. The van der Waals surface area contributed by atoms with Crippen LogP contribution in [0.2, 0.25) is 0 Å². The van der Waals surface area contributed by atoms with Crippen molar-refractivity contribution in [2.75, 3.05) is 19.6 Å². The van der Waals surface area contributed by atoms with Crippen LogP contribution in [0.15, 0.2) is 34.3 Å². The number of amides is 3.